The summed E-state index contributed by atoms with van der Waals surface area (Å²) in [6, 6.07) is 15.4. The molecule has 0 atom stereocenters. The lowest BCUT2D eigenvalue weighted by Gasteiger charge is -2.30. The monoisotopic (exact) mass is 443 g/mol. The standard InChI is InChI=1S/C23H29N3O4S/c1-26(20-10-6-3-7-11-20)31(29,30)21-14-12-19(13-15-21)25-23(28)17-24-22(27)16-18-8-4-2-5-9-18/h2,4-5,8-9,12-15,20H,3,6-7,10-11,16-17H2,1H3,(H,24,27)(H,25,28). The Hall–Kier alpha value is -2.71. The van der Waals surface area contributed by atoms with Gasteiger partial charge in [-0.2, -0.15) is 4.31 Å². The van der Waals surface area contributed by atoms with E-state index in [0.29, 0.717) is 5.69 Å². The Morgan fingerprint density at radius 3 is 2.23 bits per heavy atom. The molecule has 3 rings (SSSR count). The van der Waals surface area contributed by atoms with E-state index < -0.39 is 10.0 Å². The summed E-state index contributed by atoms with van der Waals surface area (Å²) < 4.78 is 27.2. The van der Waals surface area contributed by atoms with Gasteiger partial charge in [0.1, 0.15) is 0 Å². The van der Waals surface area contributed by atoms with E-state index in [4.69, 9.17) is 0 Å². The number of rotatable bonds is 8. The predicted octanol–water partition coefficient (Wildman–Crippen LogP) is 2.94. The normalized spacial score (nSPS) is 14.9. The number of carbonyl (C=O) groups excluding carboxylic acids is 2. The Kier molecular flexibility index (Phi) is 7.81. The number of hydrogen-bond acceptors (Lipinski definition) is 4. The number of benzene rings is 2. The summed E-state index contributed by atoms with van der Waals surface area (Å²) >= 11 is 0. The van der Waals surface area contributed by atoms with Crippen molar-refractivity contribution in [3.05, 3.63) is 60.2 Å². The van der Waals surface area contributed by atoms with Crippen LogP contribution in [-0.2, 0) is 26.0 Å². The molecule has 2 aromatic rings. The average Bonchev–Trinajstić information content (AvgIpc) is 2.79. The smallest absolute Gasteiger partial charge is 0.243 e. The largest absolute Gasteiger partial charge is 0.347 e. The molecule has 0 aromatic heterocycles. The maximum atomic E-state index is 12.9. The van der Waals surface area contributed by atoms with Crippen molar-refractivity contribution in [3.63, 3.8) is 0 Å². The van der Waals surface area contributed by atoms with Gasteiger partial charge in [0.15, 0.2) is 0 Å². The molecule has 2 amide bonds. The van der Waals surface area contributed by atoms with E-state index in [0.717, 1.165) is 37.7 Å². The Labute approximate surface area is 183 Å². The van der Waals surface area contributed by atoms with Crippen LogP contribution in [-0.4, -0.2) is 44.2 Å². The molecular formula is C23H29N3O4S. The molecule has 31 heavy (non-hydrogen) atoms. The molecule has 0 unspecified atom stereocenters. The van der Waals surface area contributed by atoms with Crippen molar-refractivity contribution in [1.82, 2.24) is 9.62 Å². The Balaban J connectivity index is 1.51. The molecule has 8 heteroatoms. The van der Waals surface area contributed by atoms with Crippen LogP contribution in [0.5, 0.6) is 0 Å². The highest BCUT2D eigenvalue weighted by atomic mass is 32.2. The summed E-state index contributed by atoms with van der Waals surface area (Å²) in [7, 11) is -1.93. The molecule has 0 radical (unpaired) electrons. The third-order valence-corrected chi connectivity index (χ3v) is 7.48. The number of carbonyl (C=O) groups is 2. The number of anilines is 1. The number of sulfonamides is 1. The molecule has 1 aliphatic rings. The van der Waals surface area contributed by atoms with Crippen molar-refractivity contribution in [2.45, 2.75) is 49.5 Å². The number of hydrogen-bond donors (Lipinski definition) is 2. The van der Waals surface area contributed by atoms with Crippen molar-refractivity contribution in [2.24, 2.45) is 0 Å². The van der Waals surface area contributed by atoms with E-state index in [1.807, 2.05) is 30.3 Å². The quantitative estimate of drug-likeness (QED) is 0.656. The summed E-state index contributed by atoms with van der Waals surface area (Å²) in [5.41, 5.74) is 1.34. The van der Waals surface area contributed by atoms with Gasteiger partial charge in [-0.1, -0.05) is 49.6 Å². The van der Waals surface area contributed by atoms with E-state index in [-0.39, 0.29) is 35.7 Å². The second-order valence-corrected chi connectivity index (χ2v) is 9.82. The van der Waals surface area contributed by atoms with Crippen LogP contribution in [0.15, 0.2) is 59.5 Å². The van der Waals surface area contributed by atoms with Crippen LogP contribution in [0.2, 0.25) is 0 Å². The van der Waals surface area contributed by atoms with Crippen molar-refractivity contribution in [2.75, 3.05) is 18.9 Å². The van der Waals surface area contributed by atoms with Crippen LogP contribution < -0.4 is 10.6 Å². The topological polar surface area (TPSA) is 95.6 Å². The Bertz CT molecular complexity index is 985. The fourth-order valence-corrected chi connectivity index (χ4v) is 5.16. The second kappa shape index (κ2) is 10.5. The molecule has 1 aliphatic carbocycles. The molecule has 0 heterocycles. The SMILES string of the molecule is CN(C1CCCCC1)S(=O)(=O)c1ccc(NC(=O)CNC(=O)Cc2ccccc2)cc1. The van der Waals surface area contributed by atoms with Gasteiger partial charge in [-0.3, -0.25) is 9.59 Å². The van der Waals surface area contributed by atoms with Crippen LogP contribution >= 0.6 is 0 Å². The van der Waals surface area contributed by atoms with E-state index >= 15 is 0 Å². The molecule has 7 nitrogen and oxygen atoms in total. The molecule has 1 fully saturated rings. The van der Waals surface area contributed by atoms with Crippen molar-refractivity contribution in [1.29, 1.82) is 0 Å². The molecule has 1 saturated carbocycles. The molecule has 0 spiro atoms. The van der Waals surface area contributed by atoms with Crippen LogP contribution in [0, 0.1) is 0 Å². The third-order valence-electron chi connectivity index (χ3n) is 5.56. The first kappa shape index (κ1) is 23.0. The van der Waals surface area contributed by atoms with Gasteiger partial charge in [-0.05, 0) is 42.7 Å². The zero-order valence-electron chi connectivity index (χ0n) is 17.7. The van der Waals surface area contributed by atoms with Gasteiger partial charge in [0.2, 0.25) is 21.8 Å². The minimum Gasteiger partial charge on any atom is -0.347 e. The number of amides is 2. The van der Waals surface area contributed by atoms with Crippen LogP contribution in [0.25, 0.3) is 0 Å². The Morgan fingerprint density at radius 1 is 0.935 bits per heavy atom. The zero-order chi connectivity index (χ0) is 22.3. The summed E-state index contributed by atoms with van der Waals surface area (Å²) in [5.74, 6) is -0.620. The molecule has 0 bridgehead atoms. The lowest BCUT2D eigenvalue weighted by atomic mass is 9.96. The van der Waals surface area contributed by atoms with Gasteiger partial charge in [-0.15, -0.1) is 0 Å². The summed E-state index contributed by atoms with van der Waals surface area (Å²) in [6.07, 6.45) is 5.25. The highest BCUT2D eigenvalue weighted by Gasteiger charge is 2.28. The lowest BCUT2D eigenvalue weighted by molar-refractivity contribution is -0.123. The fraction of sp³-hybridized carbons (Fsp3) is 0.391. The first-order chi connectivity index (χ1) is 14.9. The van der Waals surface area contributed by atoms with Crippen molar-refractivity contribution in [3.8, 4) is 0 Å². The van der Waals surface area contributed by atoms with Gasteiger partial charge in [0, 0.05) is 18.8 Å². The summed E-state index contributed by atoms with van der Waals surface area (Å²) in [4.78, 5) is 24.3. The first-order valence-electron chi connectivity index (χ1n) is 10.5. The molecule has 2 aromatic carbocycles. The van der Waals surface area contributed by atoms with Crippen molar-refractivity contribution < 1.29 is 18.0 Å². The van der Waals surface area contributed by atoms with Gasteiger partial charge in [0.05, 0.1) is 17.9 Å². The summed E-state index contributed by atoms with van der Waals surface area (Å²) in [5, 5.41) is 5.25. The number of nitrogens with one attached hydrogen (secondary N) is 2. The molecule has 0 aliphatic heterocycles. The summed E-state index contributed by atoms with van der Waals surface area (Å²) in [6.45, 7) is -0.157. The third kappa shape index (κ3) is 6.38. The second-order valence-electron chi connectivity index (χ2n) is 7.82. The van der Waals surface area contributed by atoms with E-state index in [2.05, 4.69) is 10.6 Å². The molecule has 166 valence electrons. The highest BCUT2D eigenvalue weighted by molar-refractivity contribution is 7.89. The van der Waals surface area contributed by atoms with Gasteiger partial charge in [-0.25, -0.2) is 8.42 Å². The first-order valence-corrected chi connectivity index (χ1v) is 12.0. The van der Waals surface area contributed by atoms with E-state index in [1.54, 1.807) is 19.2 Å². The minimum absolute atomic E-state index is 0.0395. The predicted molar refractivity (Wildman–Crippen MR) is 120 cm³/mol. The van der Waals surface area contributed by atoms with Gasteiger partial charge >= 0.3 is 0 Å². The minimum atomic E-state index is -3.57. The average molecular weight is 444 g/mol. The van der Waals surface area contributed by atoms with Crippen LogP contribution in [0.4, 0.5) is 5.69 Å². The molecule has 2 N–H and O–H groups in total. The number of nitrogens with zero attached hydrogens (tertiary/aromatic N) is 1. The van der Waals surface area contributed by atoms with Gasteiger partial charge in [0.25, 0.3) is 0 Å². The lowest BCUT2D eigenvalue weighted by Crippen LogP contribution is -2.38. The van der Waals surface area contributed by atoms with Crippen molar-refractivity contribution >= 4 is 27.5 Å². The van der Waals surface area contributed by atoms with E-state index in [1.165, 1.54) is 16.4 Å². The van der Waals surface area contributed by atoms with Crippen LogP contribution in [0.3, 0.4) is 0 Å². The van der Waals surface area contributed by atoms with E-state index in [9.17, 15) is 18.0 Å². The Morgan fingerprint density at radius 2 is 1.58 bits per heavy atom. The highest BCUT2D eigenvalue weighted by Crippen LogP contribution is 2.26. The maximum absolute atomic E-state index is 12.9. The van der Waals surface area contributed by atoms with Gasteiger partial charge < -0.3 is 10.6 Å². The molecular weight excluding hydrogens is 414 g/mol. The van der Waals surface area contributed by atoms with Crippen LogP contribution in [0.1, 0.15) is 37.7 Å². The zero-order valence-corrected chi connectivity index (χ0v) is 18.5. The fourth-order valence-electron chi connectivity index (χ4n) is 3.75. The maximum Gasteiger partial charge on any atom is 0.243 e. The molecule has 0 saturated heterocycles.